The maximum Gasteiger partial charge on any atom is 0.404 e. The number of hydrogen-bond donors (Lipinski definition) is 1. The van der Waals surface area contributed by atoms with Gasteiger partial charge in [-0.1, -0.05) is 0 Å². The van der Waals surface area contributed by atoms with Crippen LogP contribution in [0, 0.1) is 0 Å². The molecule has 2 aromatic rings. The van der Waals surface area contributed by atoms with Crippen LogP contribution in [0.25, 0.3) is 11.0 Å². The largest absolute Gasteiger partial charge is 0.446 e. The maximum atomic E-state index is 10.6. The lowest BCUT2D eigenvalue weighted by molar-refractivity contribution is 0.0243. The van der Waals surface area contributed by atoms with E-state index in [1.807, 2.05) is 16.8 Å². The highest BCUT2D eigenvalue weighted by Crippen LogP contribution is 2.35. The molecule has 94 valence electrons. The lowest BCUT2D eigenvalue weighted by Crippen LogP contribution is -2.36. The molecule has 2 aromatic heterocycles. The number of nitrogens with two attached hydrogens (primary N) is 1. The predicted octanol–water partition coefficient (Wildman–Crippen LogP) is 1.99. The molecule has 7 heteroatoms. The molecule has 0 atom stereocenters. The fraction of sp³-hybridized carbons (Fsp3) is 0.364. The summed E-state index contributed by atoms with van der Waals surface area (Å²) in [4.78, 5) is 15.0. The number of amides is 1. The Labute approximate surface area is 111 Å². The van der Waals surface area contributed by atoms with Crippen LogP contribution in [0.5, 0.6) is 0 Å². The van der Waals surface area contributed by atoms with Gasteiger partial charge in [-0.05, 0) is 28.1 Å². The van der Waals surface area contributed by atoms with Gasteiger partial charge in [0, 0.05) is 18.2 Å². The van der Waals surface area contributed by atoms with Crippen LogP contribution in [0.1, 0.15) is 18.9 Å². The van der Waals surface area contributed by atoms with Gasteiger partial charge in [0.15, 0.2) is 5.65 Å². The molecule has 0 saturated heterocycles. The third kappa shape index (κ3) is 1.94. The van der Waals surface area contributed by atoms with Gasteiger partial charge >= 0.3 is 6.09 Å². The van der Waals surface area contributed by atoms with Crippen LogP contribution in [-0.4, -0.2) is 27.0 Å². The molecule has 2 N–H and O–H groups in total. The van der Waals surface area contributed by atoms with E-state index in [0.29, 0.717) is 0 Å². The SMILES string of the molecule is NC(=O)OC1CC(n2ncc3ccc(Br)nc32)C1. The van der Waals surface area contributed by atoms with Crippen molar-refractivity contribution in [3.8, 4) is 0 Å². The highest BCUT2D eigenvalue weighted by molar-refractivity contribution is 9.10. The number of halogens is 1. The zero-order chi connectivity index (χ0) is 12.7. The first-order chi connectivity index (χ1) is 8.63. The average Bonchev–Trinajstić information content (AvgIpc) is 2.65. The number of pyridine rings is 1. The minimum atomic E-state index is -0.718. The molecule has 0 spiro atoms. The molecule has 0 aliphatic heterocycles. The van der Waals surface area contributed by atoms with E-state index in [-0.39, 0.29) is 12.1 Å². The molecule has 0 unspecified atom stereocenters. The predicted molar refractivity (Wildman–Crippen MR) is 68.0 cm³/mol. The molecule has 6 nitrogen and oxygen atoms in total. The van der Waals surface area contributed by atoms with E-state index in [9.17, 15) is 4.79 Å². The third-order valence-electron chi connectivity index (χ3n) is 3.11. The molecule has 18 heavy (non-hydrogen) atoms. The monoisotopic (exact) mass is 310 g/mol. The number of ether oxygens (including phenoxy) is 1. The van der Waals surface area contributed by atoms with Crippen molar-refractivity contribution in [1.82, 2.24) is 14.8 Å². The second kappa shape index (κ2) is 4.24. The average molecular weight is 311 g/mol. The summed E-state index contributed by atoms with van der Waals surface area (Å²) in [5, 5.41) is 5.33. The Kier molecular flexibility index (Phi) is 2.70. The Hall–Kier alpha value is -1.63. The quantitative estimate of drug-likeness (QED) is 0.860. The first-order valence-corrected chi connectivity index (χ1v) is 6.38. The van der Waals surface area contributed by atoms with Gasteiger partial charge in [-0.3, -0.25) is 0 Å². The first-order valence-electron chi connectivity index (χ1n) is 5.59. The van der Waals surface area contributed by atoms with Gasteiger partial charge in [0.25, 0.3) is 0 Å². The number of rotatable bonds is 2. The number of aromatic nitrogens is 3. The van der Waals surface area contributed by atoms with E-state index in [4.69, 9.17) is 10.5 Å². The summed E-state index contributed by atoms with van der Waals surface area (Å²) in [6.45, 7) is 0. The fourth-order valence-corrected chi connectivity index (χ4v) is 2.46. The standard InChI is InChI=1S/C11H11BrN4O2/c12-9-2-1-6-5-14-16(10(6)15-9)7-3-8(4-7)18-11(13)17/h1-2,5,7-8H,3-4H2,(H2,13,17). The second-order valence-corrected chi connectivity index (χ2v) is 5.13. The van der Waals surface area contributed by atoms with Crippen LogP contribution in [0.4, 0.5) is 4.79 Å². The van der Waals surface area contributed by atoms with E-state index in [1.54, 1.807) is 6.20 Å². The highest BCUT2D eigenvalue weighted by atomic mass is 79.9. The van der Waals surface area contributed by atoms with Crippen molar-refractivity contribution < 1.29 is 9.53 Å². The van der Waals surface area contributed by atoms with Gasteiger partial charge < -0.3 is 10.5 Å². The van der Waals surface area contributed by atoms with Gasteiger partial charge in [-0.25, -0.2) is 14.5 Å². The van der Waals surface area contributed by atoms with E-state index in [0.717, 1.165) is 28.5 Å². The Morgan fingerprint density at radius 1 is 1.50 bits per heavy atom. The Balaban J connectivity index is 1.80. The minimum Gasteiger partial charge on any atom is -0.446 e. The first kappa shape index (κ1) is 11.5. The molecular formula is C11H11BrN4O2. The van der Waals surface area contributed by atoms with Gasteiger partial charge in [-0.2, -0.15) is 5.10 Å². The summed E-state index contributed by atoms with van der Waals surface area (Å²) in [5.74, 6) is 0. The van der Waals surface area contributed by atoms with Crippen molar-refractivity contribution >= 4 is 33.1 Å². The van der Waals surface area contributed by atoms with E-state index >= 15 is 0 Å². The summed E-state index contributed by atoms with van der Waals surface area (Å²) in [5.41, 5.74) is 5.81. The Morgan fingerprint density at radius 2 is 2.28 bits per heavy atom. The molecule has 0 bridgehead atoms. The van der Waals surface area contributed by atoms with Gasteiger partial charge in [0.1, 0.15) is 10.7 Å². The Bertz CT molecular complexity index is 606. The molecule has 0 aromatic carbocycles. The van der Waals surface area contributed by atoms with Crippen molar-refractivity contribution in [3.05, 3.63) is 22.9 Å². The fourth-order valence-electron chi connectivity index (χ4n) is 2.16. The van der Waals surface area contributed by atoms with Crippen LogP contribution in [0.2, 0.25) is 0 Å². The molecule has 1 saturated carbocycles. The van der Waals surface area contributed by atoms with Crippen molar-refractivity contribution in [2.75, 3.05) is 0 Å². The number of nitrogens with zero attached hydrogens (tertiary/aromatic N) is 3. The zero-order valence-corrected chi connectivity index (χ0v) is 11.0. The lowest BCUT2D eigenvalue weighted by Gasteiger charge is -2.34. The molecule has 2 heterocycles. The number of primary amides is 1. The number of carbonyl (C=O) groups excluding carboxylic acids is 1. The Morgan fingerprint density at radius 3 is 3.00 bits per heavy atom. The molecule has 1 aliphatic rings. The van der Waals surface area contributed by atoms with Crippen LogP contribution < -0.4 is 5.73 Å². The molecule has 3 rings (SSSR count). The third-order valence-corrected chi connectivity index (χ3v) is 3.55. The highest BCUT2D eigenvalue weighted by Gasteiger charge is 2.34. The lowest BCUT2D eigenvalue weighted by atomic mass is 9.89. The van der Waals surface area contributed by atoms with Crippen LogP contribution >= 0.6 is 15.9 Å². The van der Waals surface area contributed by atoms with E-state index in [2.05, 4.69) is 26.0 Å². The van der Waals surface area contributed by atoms with Crippen LogP contribution in [0.3, 0.4) is 0 Å². The van der Waals surface area contributed by atoms with E-state index < -0.39 is 6.09 Å². The summed E-state index contributed by atoms with van der Waals surface area (Å²) < 4.78 is 7.57. The van der Waals surface area contributed by atoms with Crippen LogP contribution in [0.15, 0.2) is 22.9 Å². The molecule has 1 fully saturated rings. The smallest absolute Gasteiger partial charge is 0.404 e. The zero-order valence-electron chi connectivity index (χ0n) is 9.41. The van der Waals surface area contributed by atoms with Crippen molar-refractivity contribution in [2.45, 2.75) is 25.0 Å². The second-order valence-electron chi connectivity index (χ2n) is 4.32. The van der Waals surface area contributed by atoms with Crippen molar-refractivity contribution in [1.29, 1.82) is 0 Å². The van der Waals surface area contributed by atoms with Gasteiger partial charge in [0.05, 0.1) is 12.2 Å². The molecule has 1 aliphatic carbocycles. The number of carbonyl (C=O) groups is 1. The van der Waals surface area contributed by atoms with Crippen molar-refractivity contribution in [2.24, 2.45) is 5.73 Å². The van der Waals surface area contributed by atoms with Crippen molar-refractivity contribution in [3.63, 3.8) is 0 Å². The number of fused-ring (bicyclic) bond motifs is 1. The maximum absolute atomic E-state index is 10.6. The van der Waals surface area contributed by atoms with Crippen LogP contribution in [-0.2, 0) is 4.74 Å². The number of hydrogen-bond acceptors (Lipinski definition) is 4. The summed E-state index contributed by atoms with van der Waals surface area (Å²) in [7, 11) is 0. The summed E-state index contributed by atoms with van der Waals surface area (Å²) in [6.07, 6.45) is 2.43. The normalized spacial score (nSPS) is 22.7. The molecule has 1 amide bonds. The minimum absolute atomic E-state index is 0.0982. The summed E-state index contributed by atoms with van der Waals surface area (Å²) >= 11 is 3.35. The van der Waals surface area contributed by atoms with Gasteiger partial charge in [0.2, 0.25) is 0 Å². The summed E-state index contributed by atoms with van der Waals surface area (Å²) in [6, 6.07) is 4.06. The van der Waals surface area contributed by atoms with Gasteiger partial charge in [-0.15, -0.1) is 0 Å². The van der Waals surface area contributed by atoms with E-state index in [1.165, 1.54) is 0 Å². The topological polar surface area (TPSA) is 83.0 Å². The molecule has 0 radical (unpaired) electrons. The molecular weight excluding hydrogens is 300 g/mol.